The summed E-state index contributed by atoms with van der Waals surface area (Å²) in [5.41, 5.74) is -0.0117. The number of rotatable bonds is 9. The van der Waals surface area contributed by atoms with Crippen molar-refractivity contribution < 1.29 is 31.8 Å². The van der Waals surface area contributed by atoms with E-state index in [0.29, 0.717) is 67.7 Å². The fourth-order valence-corrected chi connectivity index (χ4v) is 6.45. The Balaban J connectivity index is 1.10. The number of hydrogen-bond donors (Lipinski definition) is 1. The maximum Gasteiger partial charge on any atom is 0.395 e. The van der Waals surface area contributed by atoms with Crippen LogP contribution in [0.1, 0.15) is 56.9 Å². The van der Waals surface area contributed by atoms with Crippen LogP contribution in [-0.2, 0) is 0 Å². The number of benzene rings is 2. The van der Waals surface area contributed by atoms with Crippen molar-refractivity contribution in [2.45, 2.75) is 63.6 Å². The van der Waals surface area contributed by atoms with Gasteiger partial charge in [0.05, 0.1) is 18.1 Å². The Morgan fingerprint density at radius 1 is 0.976 bits per heavy atom. The zero-order chi connectivity index (χ0) is 29.2. The second kappa shape index (κ2) is 12.3. The molecule has 2 aromatic rings. The Hall–Kier alpha value is -2.65. The van der Waals surface area contributed by atoms with E-state index in [-0.39, 0.29) is 24.9 Å². The lowest BCUT2D eigenvalue weighted by atomic mass is 9.67. The summed E-state index contributed by atoms with van der Waals surface area (Å²) in [6.45, 7) is 6.95. The van der Waals surface area contributed by atoms with E-state index in [1.54, 1.807) is 24.3 Å². The number of β-amino-alcohol motifs (C(OH)–C–C–N with tert-alkyl or cyclic N) is 1. The van der Waals surface area contributed by atoms with Gasteiger partial charge in [0.1, 0.15) is 17.4 Å². The number of ether oxygens (including phenoxy) is 1. The molecule has 1 N–H and O–H groups in total. The van der Waals surface area contributed by atoms with Crippen molar-refractivity contribution in [3.8, 4) is 16.9 Å². The third-order valence-electron chi connectivity index (χ3n) is 9.25. The number of aliphatic hydroxyl groups excluding tert-OH is 1. The topological polar surface area (TPSA) is 35.9 Å². The molecule has 1 atom stereocenters. The standard InChI is InChI=1S/C32H39F5N2O2/c1-22(39-14-2-4-25(40)20-39)27-7-5-24(18-29(27)33)28-8-6-26(19-30(28)34)41-17-11-23-9-15-38(16-10-23)21-31(12-3-13-31)32(35,36)37/h5-8,18-19,23,25,40H,1-4,9-17,20-21H2. The molecule has 2 heterocycles. The lowest BCUT2D eigenvalue weighted by molar-refractivity contribution is -0.256. The minimum Gasteiger partial charge on any atom is -0.493 e. The van der Waals surface area contributed by atoms with E-state index < -0.39 is 29.3 Å². The van der Waals surface area contributed by atoms with Gasteiger partial charge in [-0.1, -0.05) is 19.1 Å². The third kappa shape index (κ3) is 6.72. The van der Waals surface area contributed by atoms with Gasteiger partial charge < -0.3 is 19.6 Å². The number of hydrogen-bond acceptors (Lipinski definition) is 4. The summed E-state index contributed by atoms with van der Waals surface area (Å²) in [5.74, 6) is -0.270. The van der Waals surface area contributed by atoms with E-state index in [1.807, 2.05) is 9.80 Å². The van der Waals surface area contributed by atoms with Gasteiger partial charge in [-0.25, -0.2) is 8.78 Å². The second-order valence-electron chi connectivity index (χ2n) is 12.0. The molecule has 0 amide bonds. The van der Waals surface area contributed by atoms with Gasteiger partial charge in [-0.15, -0.1) is 0 Å². The quantitative estimate of drug-likeness (QED) is 0.318. The number of halogens is 5. The molecule has 41 heavy (non-hydrogen) atoms. The van der Waals surface area contributed by atoms with Crippen LogP contribution in [0.15, 0.2) is 43.0 Å². The molecule has 0 radical (unpaired) electrons. The van der Waals surface area contributed by atoms with E-state index in [9.17, 15) is 22.7 Å². The average Bonchev–Trinajstić information content (AvgIpc) is 2.90. The van der Waals surface area contributed by atoms with E-state index >= 15 is 4.39 Å². The number of likely N-dealkylation sites (tertiary alicyclic amines) is 2. The van der Waals surface area contributed by atoms with Crippen LogP contribution in [-0.4, -0.2) is 66.5 Å². The highest BCUT2D eigenvalue weighted by atomic mass is 19.4. The molecule has 0 aromatic heterocycles. The second-order valence-corrected chi connectivity index (χ2v) is 12.0. The Kier molecular flexibility index (Phi) is 8.95. The summed E-state index contributed by atoms with van der Waals surface area (Å²) >= 11 is 0. The molecule has 0 spiro atoms. The first-order chi connectivity index (χ1) is 19.5. The molecule has 2 saturated heterocycles. The van der Waals surface area contributed by atoms with Crippen molar-refractivity contribution in [2.24, 2.45) is 11.3 Å². The number of aliphatic hydroxyl groups is 1. The van der Waals surface area contributed by atoms with Crippen molar-refractivity contribution >= 4 is 5.70 Å². The van der Waals surface area contributed by atoms with Gasteiger partial charge >= 0.3 is 6.18 Å². The van der Waals surface area contributed by atoms with E-state index in [2.05, 4.69) is 6.58 Å². The zero-order valence-electron chi connectivity index (χ0n) is 23.4. The van der Waals surface area contributed by atoms with Crippen LogP contribution in [0.2, 0.25) is 0 Å². The van der Waals surface area contributed by atoms with Crippen molar-refractivity contribution in [3.05, 3.63) is 60.2 Å². The van der Waals surface area contributed by atoms with Gasteiger partial charge in [0, 0.05) is 42.5 Å². The Bertz CT molecular complexity index is 1220. The molecule has 3 aliphatic rings. The molecule has 5 rings (SSSR count). The fraction of sp³-hybridized carbons (Fsp3) is 0.562. The van der Waals surface area contributed by atoms with Crippen LogP contribution >= 0.6 is 0 Å². The third-order valence-corrected chi connectivity index (χ3v) is 9.25. The molecule has 2 aliphatic heterocycles. The maximum atomic E-state index is 15.0. The van der Waals surface area contributed by atoms with Gasteiger partial charge in [0.2, 0.25) is 0 Å². The molecular formula is C32H39F5N2O2. The van der Waals surface area contributed by atoms with E-state index in [1.165, 1.54) is 12.1 Å². The molecule has 1 saturated carbocycles. The van der Waals surface area contributed by atoms with Gasteiger partial charge in [-0.2, -0.15) is 13.2 Å². The van der Waals surface area contributed by atoms with Crippen molar-refractivity contribution in [3.63, 3.8) is 0 Å². The molecule has 4 nitrogen and oxygen atoms in total. The highest BCUT2D eigenvalue weighted by Gasteiger charge is 2.58. The summed E-state index contributed by atoms with van der Waals surface area (Å²) in [7, 11) is 0. The summed E-state index contributed by atoms with van der Waals surface area (Å²) < 4.78 is 76.3. The van der Waals surface area contributed by atoms with Crippen LogP contribution in [0.25, 0.3) is 16.8 Å². The minimum absolute atomic E-state index is 0.106. The van der Waals surface area contributed by atoms with Gasteiger partial charge in [0.25, 0.3) is 0 Å². The maximum absolute atomic E-state index is 15.0. The smallest absolute Gasteiger partial charge is 0.395 e. The first-order valence-corrected chi connectivity index (χ1v) is 14.7. The average molecular weight is 579 g/mol. The Morgan fingerprint density at radius 3 is 2.34 bits per heavy atom. The highest BCUT2D eigenvalue weighted by Crippen LogP contribution is 2.53. The lowest BCUT2D eigenvalue weighted by Crippen LogP contribution is -2.53. The van der Waals surface area contributed by atoms with Gasteiger partial charge in [-0.05, 0) is 93.8 Å². The predicted octanol–water partition coefficient (Wildman–Crippen LogP) is 7.27. The lowest BCUT2D eigenvalue weighted by Gasteiger charge is -2.47. The normalized spacial score (nSPS) is 21.9. The molecule has 3 fully saturated rings. The van der Waals surface area contributed by atoms with Gasteiger partial charge in [0.15, 0.2) is 0 Å². The van der Waals surface area contributed by atoms with Crippen LogP contribution in [0, 0.1) is 23.0 Å². The first-order valence-electron chi connectivity index (χ1n) is 14.7. The Labute approximate surface area is 238 Å². The molecular weight excluding hydrogens is 539 g/mol. The highest BCUT2D eigenvalue weighted by molar-refractivity contribution is 5.70. The zero-order valence-corrected chi connectivity index (χ0v) is 23.4. The summed E-state index contributed by atoms with van der Waals surface area (Å²) in [6, 6.07) is 9.09. The van der Waals surface area contributed by atoms with Crippen LogP contribution in [0.3, 0.4) is 0 Å². The minimum atomic E-state index is -4.13. The predicted molar refractivity (Wildman–Crippen MR) is 149 cm³/mol. The molecule has 0 bridgehead atoms. The molecule has 9 heteroatoms. The molecule has 1 aliphatic carbocycles. The van der Waals surface area contributed by atoms with E-state index in [0.717, 1.165) is 32.1 Å². The fourth-order valence-electron chi connectivity index (χ4n) is 6.45. The molecule has 2 aromatic carbocycles. The summed E-state index contributed by atoms with van der Waals surface area (Å²) in [6.07, 6.45) is 0.482. The summed E-state index contributed by atoms with van der Waals surface area (Å²) in [5, 5.41) is 9.92. The molecule has 224 valence electrons. The monoisotopic (exact) mass is 578 g/mol. The van der Waals surface area contributed by atoms with Crippen LogP contribution < -0.4 is 4.74 Å². The van der Waals surface area contributed by atoms with Crippen molar-refractivity contribution in [1.29, 1.82) is 0 Å². The first kappa shape index (κ1) is 29.8. The number of nitrogens with zero attached hydrogens (tertiary/aromatic N) is 2. The van der Waals surface area contributed by atoms with Crippen LogP contribution in [0.5, 0.6) is 5.75 Å². The molecule has 1 unspecified atom stereocenters. The largest absolute Gasteiger partial charge is 0.493 e. The number of alkyl halides is 3. The van der Waals surface area contributed by atoms with E-state index in [4.69, 9.17) is 4.74 Å². The van der Waals surface area contributed by atoms with Crippen molar-refractivity contribution in [1.82, 2.24) is 9.80 Å². The van der Waals surface area contributed by atoms with Crippen LogP contribution in [0.4, 0.5) is 22.0 Å². The summed E-state index contributed by atoms with van der Waals surface area (Å²) in [4.78, 5) is 3.84. The number of piperidine rings is 2. The van der Waals surface area contributed by atoms with Crippen molar-refractivity contribution in [2.75, 3.05) is 39.3 Å². The van der Waals surface area contributed by atoms with Gasteiger partial charge in [-0.3, -0.25) is 0 Å². The SMILES string of the molecule is C=C(c1ccc(-c2ccc(OCCC3CCN(CC4(C(F)(F)F)CCC4)CC3)cc2F)cc1F)N1CCCC(O)C1. The Morgan fingerprint density at radius 2 is 1.73 bits per heavy atom.